The zero-order valence-corrected chi connectivity index (χ0v) is 25.2. The first-order valence-electron chi connectivity index (χ1n) is 13.3. The molecule has 0 aromatic heterocycles. The molecule has 1 rings (SSSR count). The van der Waals surface area contributed by atoms with Crippen molar-refractivity contribution in [3.05, 3.63) is 24.3 Å². The van der Waals surface area contributed by atoms with E-state index in [4.69, 9.17) is 13.7 Å². The summed E-state index contributed by atoms with van der Waals surface area (Å²) in [5, 5.41) is 4.29. The van der Waals surface area contributed by atoms with Crippen LogP contribution in [0.4, 0.5) is 0 Å². The second-order valence-corrected chi connectivity index (χ2v) is 20.3. The molecule has 34 heavy (non-hydrogen) atoms. The third-order valence-electron chi connectivity index (χ3n) is 5.74. The summed E-state index contributed by atoms with van der Waals surface area (Å²) in [6, 6.07) is 0. The van der Waals surface area contributed by atoms with Gasteiger partial charge in [0.1, 0.15) is 7.11 Å². The number of nitrogens with zero attached hydrogens (tertiary/aromatic N) is 1. The SMILES string of the molecule is CCCCCC(C=CC1C=CC(=NOC)C1CCCCCCC(=O)O[Si](C)(C)C)O[Si](C)(C)C. The summed E-state index contributed by atoms with van der Waals surface area (Å²) < 4.78 is 12.0. The first-order valence-corrected chi connectivity index (χ1v) is 20.1. The first-order chi connectivity index (χ1) is 15.9. The molecule has 0 spiro atoms. The van der Waals surface area contributed by atoms with Gasteiger partial charge < -0.3 is 13.7 Å². The Kier molecular flexibility index (Phi) is 14.3. The number of carbonyl (C=O) groups excluding carboxylic acids is 1. The van der Waals surface area contributed by atoms with Crippen LogP contribution in [0, 0.1) is 11.8 Å². The number of carbonyl (C=O) groups is 1. The minimum absolute atomic E-state index is 0.0343. The molecular weight excluding hydrogens is 458 g/mol. The average Bonchev–Trinajstić information content (AvgIpc) is 3.08. The highest BCUT2D eigenvalue weighted by atomic mass is 28.4. The number of hydrogen-bond donors (Lipinski definition) is 0. The van der Waals surface area contributed by atoms with E-state index >= 15 is 0 Å². The van der Waals surface area contributed by atoms with Gasteiger partial charge in [-0.1, -0.05) is 68.8 Å². The lowest BCUT2D eigenvalue weighted by Gasteiger charge is -2.25. The van der Waals surface area contributed by atoms with Crippen LogP contribution in [0.1, 0.15) is 71.1 Å². The molecule has 0 aliphatic heterocycles. The Balaban J connectivity index is 2.60. The number of rotatable bonds is 17. The summed E-state index contributed by atoms with van der Waals surface area (Å²) in [6.07, 6.45) is 19.8. The summed E-state index contributed by atoms with van der Waals surface area (Å²) in [4.78, 5) is 17.0. The van der Waals surface area contributed by atoms with Gasteiger partial charge in [0.15, 0.2) is 8.32 Å². The number of allylic oxidation sites excluding steroid dienone is 3. The van der Waals surface area contributed by atoms with Gasteiger partial charge in [0.2, 0.25) is 8.32 Å². The zero-order chi connectivity index (χ0) is 25.6. The minimum atomic E-state index is -1.77. The van der Waals surface area contributed by atoms with Crippen LogP contribution in [0.5, 0.6) is 0 Å². The molecule has 5 nitrogen and oxygen atoms in total. The molecule has 0 radical (unpaired) electrons. The van der Waals surface area contributed by atoms with Gasteiger partial charge in [0.05, 0.1) is 11.8 Å². The van der Waals surface area contributed by atoms with Crippen molar-refractivity contribution in [3.63, 3.8) is 0 Å². The van der Waals surface area contributed by atoms with Crippen LogP contribution in [0.2, 0.25) is 39.3 Å². The van der Waals surface area contributed by atoms with Crippen LogP contribution < -0.4 is 0 Å². The van der Waals surface area contributed by atoms with E-state index in [0.717, 1.165) is 44.2 Å². The highest BCUT2D eigenvalue weighted by Gasteiger charge is 2.28. The van der Waals surface area contributed by atoms with Gasteiger partial charge in [-0.25, -0.2) is 0 Å². The van der Waals surface area contributed by atoms with Crippen LogP contribution >= 0.6 is 0 Å². The number of unbranched alkanes of at least 4 members (excludes halogenated alkanes) is 5. The van der Waals surface area contributed by atoms with E-state index in [1.54, 1.807) is 7.11 Å². The predicted molar refractivity (Wildman–Crippen MR) is 149 cm³/mol. The van der Waals surface area contributed by atoms with Gasteiger partial charge in [0, 0.05) is 18.3 Å². The average molecular weight is 510 g/mol. The predicted octanol–water partition coefficient (Wildman–Crippen LogP) is 7.87. The van der Waals surface area contributed by atoms with Crippen molar-refractivity contribution < 1.29 is 18.5 Å². The standard InChI is InChI=1S/C27H51NO4Si2/c1-9-10-13-16-24(31-33(3,4)5)21-19-23-20-22-26(28-30-2)25(23)17-14-11-12-15-18-27(29)32-34(6,7)8/h19-25H,9-18H2,1-8H3. The maximum atomic E-state index is 11.9. The Labute approximate surface area is 211 Å². The van der Waals surface area contributed by atoms with Gasteiger partial charge >= 0.3 is 0 Å². The fourth-order valence-corrected chi connectivity index (χ4v) is 6.17. The van der Waals surface area contributed by atoms with Crippen molar-refractivity contribution in [2.45, 2.75) is 117 Å². The maximum Gasteiger partial charge on any atom is 0.292 e. The molecule has 0 saturated heterocycles. The van der Waals surface area contributed by atoms with Crippen LogP contribution in [0.25, 0.3) is 0 Å². The maximum absolute atomic E-state index is 11.9. The zero-order valence-electron chi connectivity index (χ0n) is 23.2. The summed E-state index contributed by atoms with van der Waals surface area (Å²) in [5.41, 5.74) is 1.03. The third-order valence-corrected chi connectivity index (χ3v) is 7.59. The first kappa shape index (κ1) is 30.8. The molecule has 0 N–H and O–H groups in total. The van der Waals surface area contributed by atoms with Gasteiger partial charge in [0.25, 0.3) is 5.97 Å². The van der Waals surface area contributed by atoms with E-state index < -0.39 is 16.6 Å². The lowest BCUT2D eigenvalue weighted by atomic mass is 9.88. The lowest BCUT2D eigenvalue weighted by molar-refractivity contribution is -0.135. The summed E-state index contributed by atoms with van der Waals surface area (Å²) in [6.45, 7) is 15.2. The Morgan fingerprint density at radius 1 is 1.03 bits per heavy atom. The van der Waals surface area contributed by atoms with Crippen molar-refractivity contribution in [1.82, 2.24) is 0 Å². The largest absolute Gasteiger partial charge is 0.520 e. The van der Waals surface area contributed by atoms with Crippen LogP contribution in [-0.2, 0) is 18.5 Å². The monoisotopic (exact) mass is 509 g/mol. The Hall–Kier alpha value is -1.19. The third kappa shape index (κ3) is 14.3. The normalized spacial score (nSPS) is 20.9. The number of oxime groups is 1. The molecule has 0 fully saturated rings. The quantitative estimate of drug-likeness (QED) is 0.0866. The van der Waals surface area contributed by atoms with Gasteiger partial charge in [-0.05, 0) is 64.6 Å². The second kappa shape index (κ2) is 15.7. The van der Waals surface area contributed by atoms with Crippen molar-refractivity contribution in [3.8, 4) is 0 Å². The molecule has 1 aliphatic carbocycles. The Morgan fingerprint density at radius 2 is 1.74 bits per heavy atom. The molecule has 3 atom stereocenters. The molecule has 0 heterocycles. The molecule has 0 amide bonds. The van der Waals surface area contributed by atoms with E-state index in [1.165, 1.54) is 19.3 Å². The minimum Gasteiger partial charge on any atom is -0.520 e. The van der Waals surface area contributed by atoms with E-state index in [-0.39, 0.29) is 12.1 Å². The summed E-state index contributed by atoms with van der Waals surface area (Å²) in [7, 11) is -1.75. The van der Waals surface area contributed by atoms with Crippen LogP contribution in [-0.4, -0.2) is 41.5 Å². The molecule has 3 unspecified atom stereocenters. The topological polar surface area (TPSA) is 57.1 Å². The van der Waals surface area contributed by atoms with Gasteiger partial charge in [-0.15, -0.1) is 0 Å². The molecule has 7 heteroatoms. The fraction of sp³-hybridized carbons (Fsp3) is 0.778. The van der Waals surface area contributed by atoms with Crippen molar-refractivity contribution >= 4 is 28.3 Å². The molecule has 0 bridgehead atoms. The molecule has 0 aromatic rings. The lowest BCUT2D eigenvalue weighted by Crippen LogP contribution is -2.31. The van der Waals surface area contributed by atoms with Crippen LogP contribution in [0.15, 0.2) is 29.5 Å². The smallest absolute Gasteiger partial charge is 0.292 e. The van der Waals surface area contributed by atoms with E-state index in [9.17, 15) is 4.79 Å². The highest BCUT2D eigenvalue weighted by Crippen LogP contribution is 2.30. The van der Waals surface area contributed by atoms with E-state index in [0.29, 0.717) is 18.3 Å². The van der Waals surface area contributed by atoms with Crippen molar-refractivity contribution in [2.24, 2.45) is 17.0 Å². The van der Waals surface area contributed by atoms with Gasteiger partial charge in [-0.2, -0.15) is 0 Å². The molecule has 0 saturated carbocycles. The molecule has 196 valence electrons. The summed E-state index contributed by atoms with van der Waals surface area (Å²) in [5.74, 6) is 0.642. The highest BCUT2D eigenvalue weighted by molar-refractivity contribution is 6.71. The molecular formula is C27H51NO4Si2. The number of hydrogen-bond acceptors (Lipinski definition) is 5. The fourth-order valence-electron chi connectivity index (χ4n) is 4.28. The van der Waals surface area contributed by atoms with E-state index in [2.05, 4.69) is 75.7 Å². The Morgan fingerprint density at radius 3 is 2.35 bits per heavy atom. The summed E-state index contributed by atoms with van der Waals surface area (Å²) >= 11 is 0. The van der Waals surface area contributed by atoms with E-state index in [1.807, 2.05) is 0 Å². The second-order valence-electron chi connectivity index (χ2n) is 11.4. The van der Waals surface area contributed by atoms with Gasteiger partial charge in [-0.3, -0.25) is 4.79 Å². The van der Waals surface area contributed by atoms with Crippen LogP contribution in [0.3, 0.4) is 0 Å². The molecule has 0 aromatic carbocycles. The Bertz CT molecular complexity index is 677. The van der Waals surface area contributed by atoms with Crippen molar-refractivity contribution in [2.75, 3.05) is 7.11 Å². The van der Waals surface area contributed by atoms with Crippen molar-refractivity contribution in [1.29, 1.82) is 0 Å². The molecule has 1 aliphatic rings.